The van der Waals surface area contributed by atoms with Crippen LogP contribution in [0.2, 0.25) is 5.02 Å². The molecule has 1 atom stereocenters. The summed E-state index contributed by atoms with van der Waals surface area (Å²) in [4.78, 5) is 14.9. The second-order valence-electron chi connectivity index (χ2n) is 9.69. The van der Waals surface area contributed by atoms with E-state index in [-0.39, 0.29) is 24.7 Å². The number of hydrogen-bond donors (Lipinski definition) is 1. The highest BCUT2D eigenvalue weighted by molar-refractivity contribution is 7.90. The van der Waals surface area contributed by atoms with Crippen molar-refractivity contribution in [2.75, 3.05) is 23.5 Å². The molecule has 1 aliphatic rings. The van der Waals surface area contributed by atoms with E-state index in [2.05, 4.69) is 11.4 Å². The molecule has 0 aromatic heterocycles. The lowest BCUT2D eigenvalue weighted by atomic mass is 9.86. The predicted molar refractivity (Wildman–Crippen MR) is 158 cm³/mol. The second kappa shape index (κ2) is 11.5. The molecule has 0 saturated carbocycles. The Morgan fingerprint density at radius 3 is 2.29 bits per heavy atom. The molecule has 0 aliphatic carbocycles. The van der Waals surface area contributed by atoms with Crippen molar-refractivity contribution in [3.8, 4) is 29.1 Å². The Balaban J connectivity index is 1.51. The van der Waals surface area contributed by atoms with Gasteiger partial charge in [-0.25, -0.2) is 13.2 Å². The fourth-order valence-electron chi connectivity index (χ4n) is 4.79. The van der Waals surface area contributed by atoms with Crippen molar-refractivity contribution in [1.29, 1.82) is 5.26 Å². The molecule has 10 heteroatoms. The van der Waals surface area contributed by atoms with Crippen LogP contribution in [0.5, 0.6) is 23.0 Å². The van der Waals surface area contributed by atoms with Crippen LogP contribution in [0, 0.1) is 11.3 Å². The standard InChI is InChI=1S/C31H26ClN3O5S/c1-41(37,38)18-17-31(23-6-4-7-28(19-23)40-29-8-3-2-5-22(29)20-33)21-34-30(36)35(31)25-11-15-27(16-12-25)39-26-13-9-24(32)10-14-26/h2-16,19H,17-18,21H2,1H3,(H,34,36). The van der Waals surface area contributed by atoms with Crippen LogP contribution in [0.4, 0.5) is 10.5 Å². The molecule has 0 spiro atoms. The minimum Gasteiger partial charge on any atom is -0.457 e. The number of carbonyl (C=O) groups is 1. The van der Waals surface area contributed by atoms with E-state index in [4.69, 9.17) is 21.1 Å². The highest BCUT2D eigenvalue weighted by atomic mass is 35.5. The molecule has 1 saturated heterocycles. The Morgan fingerprint density at radius 1 is 0.927 bits per heavy atom. The molecule has 8 nitrogen and oxygen atoms in total. The van der Waals surface area contributed by atoms with E-state index in [9.17, 15) is 18.5 Å². The Bertz CT molecular complexity index is 1720. The molecule has 4 aromatic rings. The number of benzene rings is 4. The van der Waals surface area contributed by atoms with Crippen LogP contribution in [-0.4, -0.2) is 33.0 Å². The quantitative estimate of drug-likeness (QED) is 0.235. The van der Waals surface area contributed by atoms with Gasteiger partial charge in [-0.3, -0.25) is 4.90 Å². The third-order valence-corrected chi connectivity index (χ3v) is 8.00. The van der Waals surface area contributed by atoms with Gasteiger partial charge < -0.3 is 14.8 Å². The average molecular weight is 588 g/mol. The topological polar surface area (TPSA) is 109 Å². The zero-order valence-electron chi connectivity index (χ0n) is 22.1. The van der Waals surface area contributed by atoms with Gasteiger partial charge in [-0.05, 0) is 84.8 Å². The normalized spacial score (nSPS) is 16.6. The maximum atomic E-state index is 13.3. The van der Waals surface area contributed by atoms with Gasteiger partial charge in [-0.2, -0.15) is 5.26 Å². The number of halogens is 1. The number of sulfone groups is 1. The number of amides is 2. The molecule has 5 rings (SSSR count). The maximum Gasteiger partial charge on any atom is 0.322 e. The number of nitriles is 1. The fourth-order valence-corrected chi connectivity index (χ4v) is 5.63. The molecule has 0 radical (unpaired) electrons. The number of rotatable bonds is 9. The highest BCUT2D eigenvalue weighted by Gasteiger charge is 2.48. The van der Waals surface area contributed by atoms with Gasteiger partial charge in [0.05, 0.1) is 16.9 Å². The number of hydrogen-bond acceptors (Lipinski definition) is 6. The minimum absolute atomic E-state index is 0.140. The SMILES string of the molecule is CS(=O)(=O)CCC1(c2cccc(Oc3ccccc3C#N)c2)CNC(=O)N1c1ccc(Oc2ccc(Cl)cc2)cc1. The van der Waals surface area contributed by atoms with Gasteiger partial charge in [-0.1, -0.05) is 35.9 Å². The molecule has 1 heterocycles. The van der Waals surface area contributed by atoms with Gasteiger partial charge in [0.2, 0.25) is 0 Å². The Kier molecular flexibility index (Phi) is 7.88. The van der Waals surface area contributed by atoms with E-state index in [0.29, 0.717) is 44.8 Å². The number of nitrogens with zero attached hydrogens (tertiary/aromatic N) is 2. The molecular weight excluding hydrogens is 562 g/mol. The molecule has 41 heavy (non-hydrogen) atoms. The van der Waals surface area contributed by atoms with E-state index >= 15 is 0 Å². The molecule has 1 N–H and O–H groups in total. The van der Waals surface area contributed by atoms with E-state index in [0.717, 1.165) is 0 Å². The summed E-state index contributed by atoms with van der Waals surface area (Å²) in [6, 6.07) is 29.8. The van der Waals surface area contributed by atoms with Gasteiger partial charge in [0, 0.05) is 23.5 Å². The molecular formula is C31H26ClN3O5S. The lowest BCUT2D eigenvalue weighted by Crippen LogP contribution is -2.46. The van der Waals surface area contributed by atoms with Crippen molar-refractivity contribution in [1.82, 2.24) is 5.32 Å². The van der Waals surface area contributed by atoms with Crippen LogP contribution >= 0.6 is 11.6 Å². The van der Waals surface area contributed by atoms with Crippen molar-refractivity contribution < 1.29 is 22.7 Å². The zero-order valence-corrected chi connectivity index (χ0v) is 23.7. The monoisotopic (exact) mass is 587 g/mol. The Hall–Kier alpha value is -4.52. The predicted octanol–water partition coefficient (Wildman–Crippen LogP) is 6.66. The zero-order chi connectivity index (χ0) is 29.0. The van der Waals surface area contributed by atoms with Crippen molar-refractivity contribution in [3.05, 3.63) is 113 Å². The smallest absolute Gasteiger partial charge is 0.322 e. The second-order valence-corrected chi connectivity index (χ2v) is 12.4. The van der Waals surface area contributed by atoms with Gasteiger partial charge in [0.15, 0.2) is 0 Å². The highest BCUT2D eigenvalue weighted by Crippen LogP contribution is 2.42. The van der Waals surface area contributed by atoms with Gasteiger partial charge in [0.25, 0.3) is 0 Å². The van der Waals surface area contributed by atoms with Crippen LogP contribution in [-0.2, 0) is 15.4 Å². The number of urea groups is 1. The van der Waals surface area contributed by atoms with Gasteiger partial charge in [-0.15, -0.1) is 0 Å². The lowest BCUT2D eigenvalue weighted by Gasteiger charge is -2.38. The third-order valence-electron chi connectivity index (χ3n) is 6.80. The molecule has 1 aliphatic heterocycles. The van der Waals surface area contributed by atoms with E-state index in [1.807, 2.05) is 6.07 Å². The van der Waals surface area contributed by atoms with Crippen molar-refractivity contribution >= 4 is 33.2 Å². The molecule has 2 amide bonds. The van der Waals surface area contributed by atoms with Crippen molar-refractivity contribution in [2.45, 2.75) is 12.0 Å². The van der Waals surface area contributed by atoms with Crippen LogP contribution < -0.4 is 19.7 Å². The van der Waals surface area contributed by atoms with E-state index in [1.165, 1.54) is 6.26 Å². The van der Waals surface area contributed by atoms with Crippen LogP contribution in [0.1, 0.15) is 17.5 Å². The van der Waals surface area contributed by atoms with Crippen molar-refractivity contribution in [2.24, 2.45) is 0 Å². The first-order valence-corrected chi connectivity index (χ1v) is 15.2. The summed E-state index contributed by atoms with van der Waals surface area (Å²) in [6.07, 6.45) is 1.32. The summed E-state index contributed by atoms with van der Waals surface area (Å²) in [7, 11) is -3.36. The first-order chi connectivity index (χ1) is 19.7. The summed E-state index contributed by atoms with van der Waals surface area (Å²) >= 11 is 5.96. The largest absolute Gasteiger partial charge is 0.457 e. The number of carbonyl (C=O) groups excluding carboxylic acids is 1. The summed E-state index contributed by atoms with van der Waals surface area (Å²) in [5.41, 5.74) is 0.600. The van der Waals surface area contributed by atoms with Crippen LogP contribution in [0.3, 0.4) is 0 Å². The van der Waals surface area contributed by atoms with E-state index < -0.39 is 15.4 Å². The van der Waals surface area contributed by atoms with Gasteiger partial charge in [0.1, 0.15) is 38.9 Å². The molecule has 4 aromatic carbocycles. The molecule has 1 unspecified atom stereocenters. The number of para-hydroxylation sites is 1. The molecule has 1 fully saturated rings. The van der Waals surface area contributed by atoms with Crippen molar-refractivity contribution in [3.63, 3.8) is 0 Å². The lowest BCUT2D eigenvalue weighted by molar-refractivity contribution is 0.250. The minimum atomic E-state index is -3.36. The summed E-state index contributed by atoms with van der Waals surface area (Å²) in [5.74, 6) is 1.88. The summed E-state index contributed by atoms with van der Waals surface area (Å²) in [6.45, 7) is 0.183. The Labute approximate surface area is 243 Å². The maximum absolute atomic E-state index is 13.3. The number of nitrogens with one attached hydrogen (secondary N) is 1. The third kappa shape index (κ3) is 6.30. The summed E-state index contributed by atoms with van der Waals surface area (Å²) in [5, 5.41) is 13.0. The first-order valence-electron chi connectivity index (χ1n) is 12.7. The number of anilines is 1. The van der Waals surface area contributed by atoms with Crippen LogP contribution in [0.25, 0.3) is 0 Å². The van der Waals surface area contributed by atoms with Crippen LogP contribution in [0.15, 0.2) is 97.1 Å². The number of ether oxygens (including phenoxy) is 2. The molecule has 208 valence electrons. The first kappa shape index (κ1) is 28.0. The van der Waals surface area contributed by atoms with E-state index in [1.54, 1.807) is 95.9 Å². The molecule has 0 bridgehead atoms. The van der Waals surface area contributed by atoms with Gasteiger partial charge >= 0.3 is 6.03 Å². The summed E-state index contributed by atoms with van der Waals surface area (Å²) < 4.78 is 36.6. The Morgan fingerprint density at radius 2 is 1.61 bits per heavy atom. The average Bonchev–Trinajstić information content (AvgIpc) is 3.31. The fraction of sp³-hybridized carbons (Fsp3) is 0.161.